The second-order valence-corrected chi connectivity index (χ2v) is 3.73. The number of imidazole rings is 1. The van der Waals surface area contributed by atoms with Crippen LogP contribution in [0.5, 0.6) is 0 Å². The maximum Gasteiger partial charge on any atom is 0.141 e. The highest BCUT2D eigenvalue weighted by Gasteiger charge is 2.05. The van der Waals surface area contributed by atoms with Crippen LogP contribution in [-0.2, 0) is 13.1 Å². The third-order valence-electron chi connectivity index (χ3n) is 2.47. The highest BCUT2D eigenvalue weighted by atomic mass is 15.1. The molecule has 0 bridgehead atoms. The SMILES string of the molecule is CCCn1ccnc1-c1cncc(CN)c1. The molecule has 0 atom stereocenters. The molecule has 0 amide bonds. The quantitative estimate of drug-likeness (QED) is 0.848. The fourth-order valence-electron chi connectivity index (χ4n) is 1.71. The van der Waals surface area contributed by atoms with Gasteiger partial charge in [-0.2, -0.15) is 0 Å². The number of aryl methyl sites for hydroxylation is 1. The lowest BCUT2D eigenvalue weighted by Crippen LogP contribution is -2.01. The Morgan fingerprint density at radius 1 is 1.38 bits per heavy atom. The van der Waals surface area contributed by atoms with Crippen molar-refractivity contribution in [2.75, 3.05) is 0 Å². The van der Waals surface area contributed by atoms with Crippen molar-refractivity contribution in [1.29, 1.82) is 0 Å². The van der Waals surface area contributed by atoms with E-state index in [1.807, 2.05) is 24.7 Å². The largest absolute Gasteiger partial charge is 0.331 e. The molecule has 0 unspecified atom stereocenters. The molecular weight excluding hydrogens is 200 g/mol. The number of hydrogen-bond donors (Lipinski definition) is 1. The summed E-state index contributed by atoms with van der Waals surface area (Å²) in [5.74, 6) is 0.963. The van der Waals surface area contributed by atoms with E-state index in [2.05, 4.69) is 21.5 Å². The summed E-state index contributed by atoms with van der Waals surface area (Å²) < 4.78 is 2.14. The predicted octanol–water partition coefficient (Wildman–Crippen LogP) is 1.81. The molecule has 2 N–H and O–H groups in total. The second kappa shape index (κ2) is 4.90. The number of rotatable bonds is 4. The van der Waals surface area contributed by atoms with E-state index in [-0.39, 0.29) is 0 Å². The first kappa shape index (κ1) is 10.8. The Balaban J connectivity index is 2.37. The van der Waals surface area contributed by atoms with Crippen LogP contribution in [0.3, 0.4) is 0 Å². The van der Waals surface area contributed by atoms with E-state index < -0.39 is 0 Å². The Labute approximate surface area is 95.1 Å². The molecule has 16 heavy (non-hydrogen) atoms. The fourth-order valence-corrected chi connectivity index (χ4v) is 1.71. The lowest BCUT2D eigenvalue weighted by molar-refractivity contribution is 0.685. The molecule has 0 aromatic carbocycles. The smallest absolute Gasteiger partial charge is 0.141 e. The number of pyridine rings is 1. The summed E-state index contributed by atoms with van der Waals surface area (Å²) in [6.07, 6.45) is 8.52. The Morgan fingerprint density at radius 2 is 2.25 bits per heavy atom. The standard InChI is InChI=1S/C12H16N4/c1-2-4-16-5-3-15-12(16)11-6-10(7-13)8-14-9-11/h3,5-6,8-9H,2,4,7,13H2,1H3. The zero-order valence-electron chi connectivity index (χ0n) is 9.43. The lowest BCUT2D eigenvalue weighted by Gasteiger charge is -2.06. The van der Waals surface area contributed by atoms with E-state index in [0.717, 1.165) is 29.9 Å². The minimum absolute atomic E-state index is 0.509. The Morgan fingerprint density at radius 3 is 3.00 bits per heavy atom. The van der Waals surface area contributed by atoms with Crippen LogP contribution in [0.4, 0.5) is 0 Å². The third-order valence-corrected chi connectivity index (χ3v) is 2.47. The highest BCUT2D eigenvalue weighted by Crippen LogP contribution is 2.17. The van der Waals surface area contributed by atoms with Gasteiger partial charge in [0.15, 0.2) is 0 Å². The number of hydrogen-bond acceptors (Lipinski definition) is 3. The zero-order valence-corrected chi connectivity index (χ0v) is 9.43. The Hall–Kier alpha value is -1.68. The Bertz CT molecular complexity index is 462. The molecule has 0 spiro atoms. The normalized spacial score (nSPS) is 10.6. The van der Waals surface area contributed by atoms with Gasteiger partial charge in [-0.25, -0.2) is 4.98 Å². The second-order valence-electron chi connectivity index (χ2n) is 3.73. The first-order valence-corrected chi connectivity index (χ1v) is 5.50. The molecule has 0 fully saturated rings. The number of aromatic nitrogens is 3. The zero-order chi connectivity index (χ0) is 11.4. The first-order chi connectivity index (χ1) is 7.85. The van der Waals surface area contributed by atoms with Crippen LogP contribution in [0.1, 0.15) is 18.9 Å². The van der Waals surface area contributed by atoms with E-state index in [9.17, 15) is 0 Å². The van der Waals surface area contributed by atoms with E-state index in [0.29, 0.717) is 6.54 Å². The van der Waals surface area contributed by atoms with E-state index in [4.69, 9.17) is 5.73 Å². The van der Waals surface area contributed by atoms with Gasteiger partial charge in [-0.15, -0.1) is 0 Å². The Kier molecular flexibility index (Phi) is 3.31. The van der Waals surface area contributed by atoms with Crippen molar-refractivity contribution in [3.63, 3.8) is 0 Å². The van der Waals surface area contributed by atoms with Crippen molar-refractivity contribution < 1.29 is 0 Å². The monoisotopic (exact) mass is 216 g/mol. The van der Waals surface area contributed by atoms with Crippen molar-refractivity contribution in [1.82, 2.24) is 14.5 Å². The van der Waals surface area contributed by atoms with Gasteiger partial charge in [0.05, 0.1) is 0 Å². The molecule has 0 aliphatic carbocycles. The highest BCUT2D eigenvalue weighted by molar-refractivity contribution is 5.55. The summed E-state index contributed by atoms with van der Waals surface area (Å²) in [5, 5.41) is 0. The molecule has 0 radical (unpaired) electrons. The molecule has 84 valence electrons. The van der Waals surface area contributed by atoms with Crippen molar-refractivity contribution >= 4 is 0 Å². The van der Waals surface area contributed by atoms with Gasteiger partial charge in [0.25, 0.3) is 0 Å². The van der Waals surface area contributed by atoms with Gasteiger partial charge in [0.2, 0.25) is 0 Å². The van der Waals surface area contributed by atoms with Crippen LogP contribution in [0.15, 0.2) is 30.9 Å². The van der Waals surface area contributed by atoms with Crippen LogP contribution < -0.4 is 5.73 Å². The van der Waals surface area contributed by atoms with Gasteiger partial charge in [0, 0.05) is 43.4 Å². The van der Waals surface area contributed by atoms with Crippen molar-refractivity contribution in [3.8, 4) is 11.4 Å². The molecule has 2 heterocycles. The van der Waals surface area contributed by atoms with Gasteiger partial charge in [0.1, 0.15) is 5.82 Å². The molecular formula is C12H16N4. The van der Waals surface area contributed by atoms with E-state index in [1.165, 1.54) is 0 Å². The van der Waals surface area contributed by atoms with Gasteiger partial charge < -0.3 is 10.3 Å². The van der Waals surface area contributed by atoms with Crippen molar-refractivity contribution in [2.24, 2.45) is 5.73 Å². The molecule has 2 aromatic heterocycles. The van der Waals surface area contributed by atoms with Gasteiger partial charge in [-0.05, 0) is 18.1 Å². The summed E-state index contributed by atoms with van der Waals surface area (Å²) in [6.45, 7) is 3.63. The molecule has 0 aliphatic rings. The van der Waals surface area contributed by atoms with Crippen LogP contribution in [0.2, 0.25) is 0 Å². The molecule has 0 saturated heterocycles. The summed E-state index contributed by atoms with van der Waals surface area (Å²) in [6, 6.07) is 2.04. The number of nitrogens with two attached hydrogens (primary N) is 1. The van der Waals surface area contributed by atoms with Crippen LogP contribution in [0, 0.1) is 0 Å². The summed E-state index contributed by atoms with van der Waals surface area (Å²) >= 11 is 0. The molecule has 2 rings (SSSR count). The topological polar surface area (TPSA) is 56.7 Å². The predicted molar refractivity (Wildman–Crippen MR) is 63.6 cm³/mol. The van der Waals surface area contributed by atoms with Crippen LogP contribution in [-0.4, -0.2) is 14.5 Å². The average molecular weight is 216 g/mol. The van der Waals surface area contributed by atoms with Crippen molar-refractivity contribution in [2.45, 2.75) is 26.4 Å². The molecule has 4 heteroatoms. The van der Waals surface area contributed by atoms with Gasteiger partial charge >= 0.3 is 0 Å². The molecule has 4 nitrogen and oxygen atoms in total. The maximum absolute atomic E-state index is 5.60. The minimum Gasteiger partial charge on any atom is -0.331 e. The minimum atomic E-state index is 0.509. The van der Waals surface area contributed by atoms with Crippen molar-refractivity contribution in [3.05, 3.63) is 36.4 Å². The first-order valence-electron chi connectivity index (χ1n) is 5.50. The average Bonchev–Trinajstić information content (AvgIpc) is 2.78. The summed E-state index contributed by atoms with van der Waals surface area (Å²) in [4.78, 5) is 8.54. The summed E-state index contributed by atoms with van der Waals surface area (Å²) in [5.41, 5.74) is 7.66. The maximum atomic E-state index is 5.60. The van der Waals surface area contributed by atoms with Crippen LogP contribution in [0.25, 0.3) is 11.4 Å². The molecule has 2 aromatic rings. The van der Waals surface area contributed by atoms with Gasteiger partial charge in [-0.3, -0.25) is 4.98 Å². The van der Waals surface area contributed by atoms with Gasteiger partial charge in [-0.1, -0.05) is 6.92 Å². The number of nitrogens with zero attached hydrogens (tertiary/aromatic N) is 3. The fraction of sp³-hybridized carbons (Fsp3) is 0.333. The molecule has 0 saturated carbocycles. The van der Waals surface area contributed by atoms with E-state index >= 15 is 0 Å². The van der Waals surface area contributed by atoms with E-state index in [1.54, 1.807) is 6.20 Å². The van der Waals surface area contributed by atoms with Crippen LogP contribution >= 0.6 is 0 Å². The molecule has 0 aliphatic heterocycles. The summed E-state index contributed by atoms with van der Waals surface area (Å²) in [7, 11) is 0. The third kappa shape index (κ3) is 2.12. The lowest BCUT2D eigenvalue weighted by atomic mass is 10.2.